The van der Waals surface area contributed by atoms with E-state index in [1.807, 2.05) is 13.8 Å². The molecule has 4 rings (SSSR count). The van der Waals surface area contributed by atoms with Gasteiger partial charge in [-0.1, -0.05) is 26.0 Å². The van der Waals surface area contributed by atoms with Gasteiger partial charge in [0, 0.05) is 25.6 Å². The Balaban J connectivity index is 1.54. The Morgan fingerprint density at radius 2 is 1.85 bits per heavy atom. The summed E-state index contributed by atoms with van der Waals surface area (Å²) < 4.78 is 13.5. The fourth-order valence-electron chi connectivity index (χ4n) is 4.16. The topological polar surface area (TPSA) is 109 Å². The van der Waals surface area contributed by atoms with Gasteiger partial charge in [0.1, 0.15) is 11.6 Å². The molecule has 1 saturated heterocycles. The van der Waals surface area contributed by atoms with Crippen LogP contribution in [0.2, 0.25) is 0 Å². The Hall–Kier alpha value is -3.49. The van der Waals surface area contributed by atoms with Crippen LogP contribution in [0.4, 0.5) is 15.9 Å². The number of nitrogens with one attached hydrogen (secondary N) is 1. The standard InChI is InChI=1S/C24H28FN5O3/c1-14(2)23(32)29-9-10-30(20(13-29)16-5-7-17(25)8-6-16)24(33)22(31)28-18-11-19(15-3-4-15)21(26)27-12-18/h5-8,11-12,14-15,20H,3-4,9-10,13H2,1-2H3,(H2,26,27)(H,28,31)/t20-/m0/s1. The second-order valence-corrected chi connectivity index (χ2v) is 8.93. The minimum absolute atomic E-state index is 0.0285. The third-order valence-corrected chi connectivity index (χ3v) is 6.12. The van der Waals surface area contributed by atoms with Gasteiger partial charge >= 0.3 is 11.8 Å². The summed E-state index contributed by atoms with van der Waals surface area (Å²) in [6.45, 7) is 4.38. The van der Waals surface area contributed by atoms with Gasteiger partial charge in [-0.3, -0.25) is 14.4 Å². The van der Waals surface area contributed by atoms with Crippen molar-refractivity contribution in [3.8, 4) is 0 Å². The highest BCUT2D eigenvalue weighted by molar-refractivity contribution is 6.39. The molecule has 8 nitrogen and oxygen atoms in total. The molecular formula is C24H28FN5O3. The molecule has 1 aliphatic heterocycles. The quantitative estimate of drug-likeness (QED) is 0.692. The molecule has 2 aromatic rings. The molecule has 0 spiro atoms. The molecule has 2 aliphatic rings. The lowest BCUT2D eigenvalue weighted by Crippen LogP contribution is -2.55. The number of nitrogens with zero attached hydrogens (tertiary/aromatic N) is 3. The second-order valence-electron chi connectivity index (χ2n) is 8.93. The van der Waals surface area contributed by atoms with Crippen molar-refractivity contribution in [2.45, 2.75) is 38.6 Å². The minimum Gasteiger partial charge on any atom is -0.383 e. The summed E-state index contributed by atoms with van der Waals surface area (Å²) in [7, 11) is 0. The Morgan fingerprint density at radius 3 is 2.48 bits per heavy atom. The third-order valence-electron chi connectivity index (χ3n) is 6.12. The second kappa shape index (κ2) is 9.17. The summed E-state index contributed by atoms with van der Waals surface area (Å²) in [4.78, 5) is 45.8. The number of hydrogen-bond acceptors (Lipinski definition) is 5. The van der Waals surface area contributed by atoms with Crippen LogP contribution in [0.15, 0.2) is 36.5 Å². The van der Waals surface area contributed by atoms with Gasteiger partial charge in [-0.25, -0.2) is 9.37 Å². The van der Waals surface area contributed by atoms with Crippen molar-refractivity contribution < 1.29 is 18.8 Å². The molecule has 0 bridgehead atoms. The third kappa shape index (κ3) is 4.97. The van der Waals surface area contributed by atoms with Crippen LogP contribution < -0.4 is 11.1 Å². The summed E-state index contributed by atoms with van der Waals surface area (Å²) in [6.07, 6.45) is 3.49. The molecule has 2 heterocycles. The summed E-state index contributed by atoms with van der Waals surface area (Å²) in [5.74, 6) is -1.35. The molecule has 3 N–H and O–H groups in total. The highest BCUT2D eigenvalue weighted by atomic mass is 19.1. The summed E-state index contributed by atoms with van der Waals surface area (Å²) in [5, 5.41) is 2.63. The average Bonchev–Trinajstić information content (AvgIpc) is 3.64. The van der Waals surface area contributed by atoms with Crippen molar-refractivity contribution in [2.24, 2.45) is 5.92 Å². The lowest BCUT2D eigenvalue weighted by atomic mass is 10.0. The number of carbonyl (C=O) groups excluding carboxylic acids is 3. The highest BCUT2D eigenvalue weighted by Gasteiger charge is 2.36. The summed E-state index contributed by atoms with van der Waals surface area (Å²) in [6, 6.07) is 6.97. The molecule has 1 aromatic heterocycles. The van der Waals surface area contributed by atoms with Crippen molar-refractivity contribution >= 4 is 29.2 Å². The number of amides is 3. The zero-order valence-electron chi connectivity index (χ0n) is 18.8. The van der Waals surface area contributed by atoms with Crippen LogP contribution >= 0.6 is 0 Å². The van der Waals surface area contributed by atoms with Crippen molar-refractivity contribution in [3.05, 3.63) is 53.5 Å². The van der Waals surface area contributed by atoms with Gasteiger partial charge in [0.2, 0.25) is 5.91 Å². The van der Waals surface area contributed by atoms with E-state index < -0.39 is 23.7 Å². The van der Waals surface area contributed by atoms with E-state index in [0.29, 0.717) is 29.5 Å². The fraction of sp³-hybridized carbons (Fsp3) is 0.417. The van der Waals surface area contributed by atoms with Gasteiger partial charge in [-0.2, -0.15) is 0 Å². The smallest absolute Gasteiger partial charge is 0.313 e. The first-order chi connectivity index (χ1) is 15.7. The lowest BCUT2D eigenvalue weighted by molar-refractivity contribution is -0.150. The van der Waals surface area contributed by atoms with E-state index in [1.54, 1.807) is 23.1 Å². The van der Waals surface area contributed by atoms with E-state index in [1.165, 1.54) is 23.2 Å². The van der Waals surface area contributed by atoms with Gasteiger partial charge in [0.05, 0.1) is 17.9 Å². The van der Waals surface area contributed by atoms with Crippen LogP contribution in [0.25, 0.3) is 0 Å². The first kappa shape index (κ1) is 22.7. The SMILES string of the molecule is CC(C)C(=O)N1CCN(C(=O)C(=O)Nc2cnc(N)c(C3CC3)c2)[C@H](c2ccc(F)cc2)C1. The lowest BCUT2D eigenvalue weighted by Gasteiger charge is -2.42. The predicted molar refractivity (Wildman–Crippen MR) is 122 cm³/mol. The van der Waals surface area contributed by atoms with Crippen LogP contribution in [-0.4, -0.2) is 52.1 Å². The number of nitrogen functional groups attached to an aromatic ring is 1. The molecular weight excluding hydrogens is 425 g/mol. The van der Waals surface area contributed by atoms with Gasteiger partial charge < -0.3 is 20.9 Å². The largest absolute Gasteiger partial charge is 0.383 e. The predicted octanol–water partition coefficient (Wildman–Crippen LogP) is 2.69. The molecule has 1 atom stereocenters. The molecule has 1 aliphatic carbocycles. The van der Waals surface area contributed by atoms with E-state index >= 15 is 0 Å². The van der Waals surface area contributed by atoms with Crippen LogP contribution in [0.3, 0.4) is 0 Å². The van der Waals surface area contributed by atoms with E-state index in [2.05, 4.69) is 10.3 Å². The van der Waals surface area contributed by atoms with Crippen molar-refractivity contribution in [2.75, 3.05) is 30.7 Å². The Bertz CT molecular complexity index is 1070. The van der Waals surface area contributed by atoms with Crippen LogP contribution in [0, 0.1) is 11.7 Å². The van der Waals surface area contributed by atoms with Crippen LogP contribution in [-0.2, 0) is 14.4 Å². The van der Waals surface area contributed by atoms with Gasteiger partial charge in [0.15, 0.2) is 0 Å². The average molecular weight is 454 g/mol. The number of hydrogen-bond donors (Lipinski definition) is 2. The number of pyridine rings is 1. The highest BCUT2D eigenvalue weighted by Crippen LogP contribution is 2.42. The van der Waals surface area contributed by atoms with Gasteiger partial charge in [-0.05, 0) is 48.1 Å². The van der Waals surface area contributed by atoms with Crippen LogP contribution in [0.5, 0.6) is 0 Å². The maximum absolute atomic E-state index is 13.5. The number of piperazine rings is 1. The molecule has 0 radical (unpaired) electrons. The molecule has 0 unspecified atom stereocenters. The number of benzene rings is 1. The molecule has 3 amide bonds. The Morgan fingerprint density at radius 1 is 1.15 bits per heavy atom. The maximum Gasteiger partial charge on any atom is 0.313 e. The molecule has 2 fully saturated rings. The first-order valence-corrected chi connectivity index (χ1v) is 11.2. The summed E-state index contributed by atoms with van der Waals surface area (Å²) >= 11 is 0. The Labute approximate surface area is 192 Å². The number of nitrogens with two attached hydrogens (primary N) is 1. The van der Waals surface area contributed by atoms with E-state index in [4.69, 9.17) is 5.73 Å². The molecule has 1 aromatic carbocycles. The van der Waals surface area contributed by atoms with Crippen LogP contribution in [0.1, 0.15) is 49.8 Å². The van der Waals surface area contributed by atoms with E-state index in [-0.39, 0.29) is 24.9 Å². The Kier molecular flexibility index (Phi) is 6.31. The number of halogens is 1. The van der Waals surface area contributed by atoms with Gasteiger partial charge in [-0.15, -0.1) is 0 Å². The zero-order chi connectivity index (χ0) is 23.7. The molecule has 1 saturated carbocycles. The minimum atomic E-state index is -0.793. The fourth-order valence-corrected chi connectivity index (χ4v) is 4.16. The molecule has 174 valence electrons. The normalized spacial score (nSPS) is 18.4. The molecule has 33 heavy (non-hydrogen) atoms. The molecule has 9 heteroatoms. The number of anilines is 2. The zero-order valence-corrected chi connectivity index (χ0v) is 18.8. The van der Waals surface area contributed by atoms with Crippen molar-refractivity contribution in [3.63, 3.8) is 0 Å². The van der Waals surface area contributed by atoms with Gasteiger partial charge in [0.25, 0.3) is 0 Å². The van der Waals surface area contributed by atoms with Crippen molar-refractivity contribution in [1.29, 1.82) is 0 Å². The monoisotopic (exact) mass is 453 g/mol. The summed E-state index contributed by atoms with van der Waals surface area (Å²) in [5.41, 5.74) is 7.88. The van der Waals surface area contributed by atoms with E-state index in [9.17, 15) is 18.8 Å². The number of carbonyl (C=O) groups is 3. The first-order valence-electron chi connectivity index (χ1n) is 11.2. The van der Waals surface area contributed by atoms with E-state index in [0.717, 1.165) is 18.4 Å². The number of rotatable bonds is 4. The van der Waals surface area contributed by atoms with Crippen molar-refractivity contribution in [1.82, 2.24) is 14.8 Å². The maximum atomic E-state index is 13.5. The number of aromatic nitrogens is 1.